The number of halogens is 1. The molecular weight excluding hydrogens is 241 g/mol. The minimum Gasteiger partial charge on any atom is -0.480 e. The molecule has 0 aliphatic heterocycles. The van der Waals surface area contributed by atoms with E-state index in [9.17, 15) is 9.18 Å². The van der Waals surface area contributed by atoms with Crippen LogP contribution in [0.15, 0.2) is 18.2 Å². The van der Waals surface area contributed by atoms with Gasteiger partial charge in [-0.1, -0.05) is 12.1 Å². The molecule has 5 nitrogen and oxygen atoms in total. The standard InChI is InChI=1S/C12H16FNO4/c1-17-6-5-14-11(16)8-18-12-9(7-15)3-2-4-10(12)13/h2-4,15H,5-8H2,1H3,(H,14,16). The van der Waals surface area contributed by atoms with Gasteiger partial charge in [0.05, 0.1) is 13.2 Å². The normalized spacial score (nSPS) is 10.2. The van der Waals surface area contributed by atoms with Gasteiger partial charge in [0.25, 0.3) is 5.91 Å². The van der Waals surface area contributed by atoms with Gasteiger partial charge >= 0.3 is 0 Å². The molecule has 0 bridgehead atoms. The molecule has 0 saturated carbocycles. The van der Waals surface area contributed by atoms with E-state index < -0.39 is 5.82 Å². The first-order valence-electron chi connectivity index (χ1n) is 5.45. The Labute approximate surface area is 105 Å². The number of hydrogen-bond donors (Lipinski definition) is 2. The predicted molar refractivity (Wildman–Crippen MR) is 62.7 cm³/mol. The smallest absolute Gasteiger partial charge is 0.258 e. The fraction of sp³-hybridized carbons (Fsp3) is 0.417. The number of aliphatic hydroxyl groups is 1. The van der Waals surface area contributed by atoms with Crippen molar-refractivity contribution in [3.05, 3.63) is 29.6 Å². The van der Waals surface area contributed by atoms with Crippen molar-refractivity contribution >= 4 is 5.91 Å². The largest absolute Gasteiger partial charge is 0.480 e. The van der Waals surface area contributed by atoms with Gasteiger partial charge in [-0.2, -0.15) is 0 Å². The van der Waals surface area contributed by atoms with Crippen molar-refractivity contribution in [1.29, 1.82) is 0 Å². The van der Waals surface area contributed by atoms with Gasteiger partial charge in [0.2, 0.25) is 0 Å². The second-order valence-electron chi connectivity index (χ2n) is 3.52. The SMILES string of the molecule is COCCNC(=O)COc1c(F)cccc1CO. The van der Waals surface area contributed by atoms with Crippen LogP contribution >= 0.6 is 0 Å². The summed E-state index contributed by atoms with van der Waals surface area (Å²) in [5.41, 5.74) is 0.305. The molecule has 0 unspecified atom stereocenters. The Kier molecular flexibility index (Phi) is 6.10. The molecular formula is C12H16FNO4. The predicted octanol–water partition coefficient (Wildman–Crippen LogP) is 0.459. The van der Waals surface area contributed by atoms with Crippen molar-refractivity contribution in [2.45, 2.75) is 6.61 Å². The highest BCUT2D eigenvalue weighted by Crippen LogP contribution is 2.22. The van der Waals surface area contributed by atoms with Crippen LogP contribution in [0.1, 0.15) is 5.56 Å². The van der Waals surface area contributed by atoms with E-state index >= 15 is 0 Å². The zero-order valence-corrected chi connectivity index (χ0v) is 10.1. The first kappa shape index (κ1) is 14.4. The average Bonchev–Trinajstić information content (AvgIpc) is 2.37. The molecule has 18 heavy (non-hydrogen) atoms. The van der Waals surface area contributed by atoms with E-state index in [-0.39, 0.29) is 24.9 Å². The lowest BCUT2D eigenvalue weighted by atomic mass is 10.2. The third-order valence-corrected chi connectivity index (χ3v) is 2.19. The molecule has 1 amide bonds. The number of para-hydroxylation sites is 1. The van der Waals surface area contributed by atoms with Gasteiger partial charge in [-0.05, 0) is 6.07 Å². The van der Waals surface area contributed by atoms with Crippen LogP contribution in [0.3, 0.4) is 0 Å². The third-order valence-electron chi connectivity index (χ3n) is 2.19. The molecule has 0 aliphatic carbocycles. The minimum absolute atomic E-state index is 0.0955. The Bertz CT molecular complexity index is 398. The van der Waals surface area contributed by atoms with Crippen LogP contribution in [0.2, 0.25) is 0 Å². The summed E-state index contributed by atoms with van der Waals surface area (Å²) in [5.74, 6) is -1.08. The topological polar surface area (TPSA) is 67.8 Å². The maximum absolute atomic E-state index is 13.4. The number of aliphatic hydroxyl groups excluding tert-OH is 1. The summed E-state index contributed by atoms with van der Waals surface area (Å²) in [7, 11) is 1.52. The lowest BCUT2D eigenvalue weighted by molar-refractivity contribution is -0.123. The molecule has 1 rings (SSSR count). The summed E-state index contributed by atoms with van der Waals surface area (Å²) in [5, 5.41) is 11.6. The third kappa shape index (κ3) is 4.31. The maximum atomic E-state index is 13.4. The summed E-state index contributed by atoms with van der Waals surface area (Å²) in [6.07, 6.45) is 0. The molecule has 0 saturated heterocycles. The molecule has 0 fully saturated rings. The molecule has 0 heterocycles. The lowest BCUT2D eigenvalue weighted by Crippen LogP contribution is -2.31. The number of carbonyl (C=O) groups is 1. The number of amides is 1. The number of hydrogen-bond acceptors (Lipinski definition) is 4. The molecule has 0 atom stereocenters. The number of nitrogens with one attached hydrogen (secondary N) is 1. The van der Waals surface area contributed by atoms with Crippen LogP contribution < -0.4 is 10.1 Å². The van der Waals surface area contributed by atoms with E-state index in [0.29, 0.717) is 18.7 Å². The van der Waals surface area contributed by atoms with Gasteiger partial charge in [0.1, 0.15) is 0 Å². The Morgan fingerprint density at radius 2 is 2.28 bits per heavy atom. The molecule has 0 radical (unpaired) electrons. The van der Waals surface area contributed by atoms with Gasteiger partial charge < -0.3 is 19.9 Å². The molecule has 2 N–H and O–H groups in total. The molecule has 0 aliphatic rings. The highest BCUT2D eigenvalue weighted by atomic mass is 19.1. The monoisotopic (exact) mass is 257 g/mol. The van der Waals surface area contributed by atoms with Crippen molar-refractivity contribution in [1.82, 2.24) is 5.32 Å². The Hall–Kier alpha value is -1.66. The fourth-order valence-electron chi connectivity index (χ4n) is 1.32. The molecule has 100 valence electrons. The number of carbonyl (C=O) groups excluding carboxylic acids is 1. The van der Waals surface area contributed by atoms with Gasteiger partial charge in [-0.3, -0.25) is 4.79 Å². The maximum Gasteiger partial charge on any atom is 0.258 e. The van der Waals surface area contributed by atoms with Crippen LogP contribution in [0, 0.1) is 5.82 Å². The Morgan fingerprint density at radius 1 is 1.50 bits per heavy atom. The fourth-order valence-corrected chi connectivity index (χ4v) is 1.32. The van der Waals surface area contributed by atoms with E-state index in [0.717, 1.165) is 0 Å². The van der Waals surface area contributed by atoms with Gasteiger partial charge in [-0.25, -0.2) is 4.39 Å². The Morgan fingerprint density at radius 3 is 2.94 bits per heavy atom. The highest BCUT2D eigenvalue weighted by molar-refractivity contribution is 5.77. The van der Waals surface area contributed by atoms with Crippen molar-refractivity contribution in [2.24, 2.45) is 0 Å². The zero-order valence-electron chi connectivity index (χ0n) is 10.1. The van der Waals surface area contributed by atoms with Crippen molar-refractivity contribution < 1.29 is 23.8 Å². The lowest BCUT2D eigenvalue weighted by Gasteiger charge is -2.11. The number of benzene rings is 1. The molecule has 0 aromatic heterocycles. The van der Waals surface area contributed by atoms with Crippen molar-refractivity contribution in [2.75, 3.05) is 26.9 Å². The molecule has 1 aromatic rings. The van der Waals surface area contributed by atoms with E-state index in [1.807, 2.05) is 0 Å². The van der Waals surface area contributed by atoms with Crippen molar-refractivity contribution in [3.63, 3.8) is 0 Å². The second kappa shape index (κ2) is 7.62. The summed E-state index contributed by atoms with van der Waals surface area (Å²) in [4.78, 5) is 11.3. The quantitative estimate of drug-likeness (QED) is 0.696. The molecule has 1 aromatic carbocycles. The number of rotatable bonds is 7. The summed E-state index contributed by atoms with van der Waals surface area (Å²) in [6.45, 7) is 0.103. The van der Waals surface area contributed by atoms with Crippen molar-refractivity contribution in [3.8, 4) is 5.75 Å². The molecule has 6 heteroatoms. The second-order valence-corrected chi connectivity index (χ2v) is 3.52. The van der Waals surface area contributed by atoms with Gasteiger partial charge in [-0.15, -0.1) is 0 Å². The summed E-state index contributed by atoms with van der Waals surface area (Å²) >= 11 is 0. The first-order valence-corrected chi connectivity index (χ1v) is 5.45. The highest BCUT2D eigenvalue weighted by Gasteiger charge is 2.11. The van der Waals surface area contributed by atoms with Crippen LogP contribution in [-0.2, 0) is 16.1 Å². The first-order chi connectivity index (χ1) is 8.69. The minimum atomic E-state index is -0.605. The zero-order chi connectivity index (χ0) is 13.4. The van der Waals surface area contributed by atoms with Crippen LogP contribution in [0.4, 0.5) is 4.39 Å². The van der Waals surface area contributed by atoms with E-state index in [4.69, 9.17) is 14.6 Å². The Balaban J connectivity index is 2.50. The van der Waals surface area contributed by atoms with Crippen LogP contribution in [0.5, 0.6) is 5.75 Å². The molecule has 0 spiro atoms. The summed E-state index contributed by atoms with van der Waals surface area (Å²) in [6, 6.07) is 4.20. The van der Waals surface area contributed by atoms with Crippen LogP contribution in [-0.4, -0.2) is 37.9 Å². The van der Waals surface area contributed by atoms with Gasteiger partial charge in [0.15, 0.2) is 18.2 Å². The average molecular weight is 257 g/mol. The van der Waals surface area contributed by atoms with Gasteiger partial charge in [0, 0.05) is 19.2 Å². The summed E-state index contributed by atoms with van der Waals surface area (Å²) < 4.78 is 23.2. The number of methoxy groups -OCH3 is 1. The van der Waals surface area contributed by atoms with E-state index in [2.05, 4.69) is 5.32 Å². The number of ether oxygens (including phenoxy) is 2. The van der Waals surface area contributed by atoms with E-state index in [1.54, 1.807) is 0 Å². The van der Waals surface area contributed by atoms with E-state index in [1.165, 1.54) is 25.3 Å². The van der Waals surface area contributed by atoms with Crippen LogP contribution in [0.25, 0.3) is 0 Å².